The molecule has 1 atom stereocenters. The van der Waals surface area contributed by atoms with Gasteiger partial charge in [0.1, 0.15) is 22.9 Å². The average molecular weight is 544 g/mol. The minimum atomic E-state index is -3.98. The van der Waals surface area contributed by atoms with Gasteiger partial charge in [0.2, 0.25) is 0 Å². The average Bonchev–Trinajstić information content (AvgIpc) is 2.89. The van der Waals surface area contributed by atoms with Crippen LogP contribution in [0.2, 0.25) is 0 Å². The van der Waals surface area contributed by atoms with E-state index in [0.717, 1.165) is 12.1 Å². The standard InChI is InChI=1S/C15H23O8P.C12H23N/c1-5-22-24(19,23-6-2)14(15(17)18)9-11-12(16)7-10(20-3)8-13(11)21-4;1-3-7-11(8-4-1)13-12-9-5-2-6-10-12/h7-8,14,16H,5-6,9H2,1-4H3,(H,17,18);11-13H,1-10H2. The summed E-state index contributed by atoms with van der Waals surface area (Å²) in [6, 6.07) is 4.78. The fraction of sp³-hybridized carbons (Fsp3) is 0.741. The van der Waals surface area contributed by atoms with Crippen LogP contribution in [0.25, 0.3) is 0 Å². The summed E-state index contributed by atoms with van der Waals surface area (Å²) in [6.45, 7) is 3.16. The maximum absolute atomic E-state index is 12.8. The second-order valence-corrected chi connectivity index (χ2v) is 11.9. The molecule has 0 aliphatic heterocycles. The van der Waals surface area contributed by atoms with Crippen molar-refractivity contribution >= 4 is 13.6 Å². The van der Waals surface area contributed by atoms with Gasteiger partial charge < -0.3 is 38.8 Å². The lowest BCUT2D eigenvalue weighted by Gasteiger charge is -2.27. The molecule has 10 heteroatoms. The number of phenolic OH excluding ortho intramolecular Hbond substituents is 1. The van der Waals surface area contributed by atoms with Gasteiger partial charge in [-0.2, -0.15) is 0 Å². The van der Waals surface area contributed by atoms with E-state index >= 15 is 0 Å². The number of aromatic hydroxyl groups is 1. The number of carboxylic acid groups (broad SMARTS) is 1. The molecule has 1 aromatic rings. The van der Waals surface area contributed by atoms with Gasteiger partial charge in [-0.3, -0.25) is 4.57 Å². The van der Waals surface area contributed by atoms with E-state index < -0.39 is 19.2 Å². The van der Waals surface area contributed by atoms with Crippen molar-refractivity contribution in [3.63, 3.8) is 0 Å². The summed E-state index contributed by atoms with van der Waals surface area (Å²) in [5.41, 5.74) is -1.45. The molecule has 212 valence electrons. The summed E-state index contributed by atoms with van der Waals surface area (Å²) in [7, 11) is -1.21. The Bertz CT molecular complexity index is 842. The van der Waals surface area contributed by atoms with Crippen LogP contribution in [0.1, 0.15) is 83.6 Å². The van der Waals surface area contributed by atoms with Gasteiger partial charge in [0.05, 0.1) is 45.5 Å². The zero-order valence-electron chi connectivity index (χ0n) is 22.9. The number of aliphatic carboxylic acids is 1. The van der Waals surface area contributed by atoms with E-state index in [9.17, 15) is 19.6 Å². The van der Waals surface area contributed by atoms with E-state index in [1.54, 1.807) is 13.8 Å². The number of ether oxygens (including phenoxy) is 2. The van der Waals surface area contributed by atoms with E-state index in [1.165, 1.54) is 90.6 Å². The molecule has 2 saturated carbocycles. The van der Waals surface area contributed by atoms with Gasteiger partial charge in [-0.1, -0.05) is 12.8 Å². The highest BCUT2D eigenvalue weighted by Gasteiger charge is 2.38. The zero-order chi connectivity index (χ0) is 27.3. The second-order valence-electron chi connectivity index (χ2n) is 9.73. The summed E-state index contributed by atoms with van der Waals surface area (Å²) >= 11 is 0. The van der Waals surface area contributed by atoms with Crippen LogP contribution < -0.4 is 19.9 Å². The molecule has 2 fully saturated rings. The number of carboxylic acids is 1. The fourth-order valence-electron chi connectivity index (χ4n) is 5.24. The van der Waals surface area contributed by atoms with Crippen molar-refractivity contribution in [1.82, 2.24) is 0 Å². The summed E-state index contributed by atoms with van der Waals surface area (Å²) in [6.07, 6.45) is 14.6. The predicted octanol–water partition coefficient (Wildman–Crippen LogP) is 3.55. The van der Waals surface area contributed by atoms with Gasteiger partial charge in [-0.25, -0.2) is 0 Å². The van der Waals surface area contributed by atoms with Crippen molar-refractivity contribution < 1.29 is 43.4 Å². The molecule has 0 aromatic heterocycles. The lowest BCUT2D eigenvalue weighted by Crippen LogP contribution is -2.95. The van der Waals surface area contributed by atoms with Crippen LogP contribution >= 0.6 is 7.60 Å². The Labute approximate surface area is 221 Å². The number of phenols is 1. The highest BCUT2D eigenvalue weighted by molar-refractivity contribution is 7.55. The highest BCUT2D eigenvalue weighted by atomic mass is 31.2. The number of hydrogen-bond donors (Lipinski definition) is 2. The van der Waals surface area contributed by atoms with E-state index in [0.29, 0.717) is 5.75 Å². The molecule has 9 nitrogen and oxygen atoms in total. The van der Waals surface area contributed by atoms with Crippen molar-refractivity contribution in [2.24, 2.45) is 0 Å². The molecule has 1 unspecified atom stereocenters. The van der Waals surface area contributed by atoms with Crippen LogP contribution in [0, 0.1) is 0 Å². The van der Waals surface area contributed by atoms with Gasteiger partial charge in [0.15, 0.2) is 0 Å². The number of rotatable bonds is 12. The van der Waals surface area contributed by atoms with Crippen molar-refractivity contribution in [3.8, 4) is 17.2 Å². The number of nitrogens with two attached hydrogens (primary N) is 1. The molecule has 0 spiro atoms. The molecule has 0 amide bonds. The molecule has 1 aromatic carbocycles. The number of carbonyl (C=O) groups is 1. The minimum Gasteiger partial charge on any atom is -0.549 e. The van der Waals surface area contributed by atoms with Gasteiger partial charge >= 0.3 is 7.60 Å². The Balaban J connectivity index is 0.000000308. The van der Waals surface area contributed by atoms with Crippen LogP contribution in [-0.4, -0.2) is 56.3 Å². The van der Waals surface area contributed by atoms with Crippen LogP contribution in [0.3, 0.4) is 0 Å². The largest absolute Gasteiger partial charge is 0.549 e. The number of carbonyl (C=O) groups excluding carboxylic acids is 1. The molecule has 3 rings (SSSR count). The summed E-state index contributed by atoms with van der Waals surface area (Å²) in [4.78, 5) is 11.5. The molecule has 0 bridgehead atoms. The third-order valence-electron chi connectivity index (χ3n) is 7.13. The Hall–Kier alpha value is -1.80. The third-order valence-corrected chi connectivity index (χ3v) is 9.52. The molecular formula is C27H46NO8P. The quantitative estimate of drug-likeness (QED) is 0.383. The lowest BCUT2D eigenvalue weighted by molar-refractivity contribution is -0.725. The molecule has 0 saturated heterocycles. The molecule has 0 heterocycles. The monoisotopic (exact) mass is 543 g/mol. The maximum Gasteiger partial charge on any atom is 0.339 e. The van der Waals surface area contributed by atoms with E-state index in [4.69, 9.17) is 18.5 Å². The molecule has 2 aliphatic rings. The molecule has 3 N–H and O–H groups in total. The van der Waals surface area contributed by atoms with Gasteiger partial charge in [-0.15, -0.1) is 0 Å². The Kier molecular flexibility index (Phi) is 13.8. The number of methoxy groups -OCH3 is 2. The normalized spacial score (nSPS) is 17.9. The Morgan fingerprint density at radius 2 is 1.49 bits per heavy atom. The van der Waals surface area contributed by atoms with Crippen molar-refractivity contribution in [2.75, 3.05) is 27.4 Å². The predicted molar refractivity (Wildman–Crippen MR) is 140 cm³/mol. The Morgan fingerprint density at radius 1 is 0.973 bits per heavy atom. The Morgan fingerprint density at radius 3 is 1.89 bits per heavy atom. The van der Waals surface area contributed by atoms with Crippen molar-refractivity contribution in [2.45, 2.75) is 102 Å². The van der Waals surface area contributed by atoms with E-state index in [-0.39, 0.29) is 36.7 Å². The van der Waals surface area contributed by atoms with Gasteiger partial charge in [0, 0.05) is 17.7 Å². The first-order chi connectivity index (χ1) is 17.8. The zero-order valence-corrected chi connectivity index (χ0v) is 23.8. The maximum atomic E-state index is 12.8. The molecular weight excluding hydrogens is 497 g/mol. The molecule has 0 radical (unpaired) electrons. The first-order valence-electron chi connectivity index (χ1n) is 13.7. The number of quaternary nitrogens is 1. The number of hydrogen-bond acceptors (Lipinski definition) is 8. The van der Waals surface area contributed by atoms with Gasteiger partial charge in [0.25, 0.3) is 0 Å². The topological polar surface area (TPSA) is 131 Å². The van der Waals surface area contributed by atoms with Crippen molar-refractivity contribution in [3.05, 3.63) is 17.7 Å². The smallest absolute Gasteiger partial charge is 0.339 e. The lowest BCUT2D eigenvalue weighted by atomic mass is 9.91. The number of benzene rings is 1. The van der Waals surface area contributed by atoms with E-state index in [1.807, 2.05) is 0 Å². The highest BCUT2D eigenvalue weighted by Crippen LogP contribution is 2.54. The van der Waals surface area contributed by atoms with Crippen molar-refractivity contribution in [1.29, 1.82) is 0 Å². The summed E-state index contributed by atoms with van der Waals surface area (Å²) in [5, 5.41) is 24.4. The summed E-state index contributed by atoms with van der Waals surface area (Å²) < 4.78 is 33.1. The summed E-state index contributed by atoms with van der Waals surface area (Å²) in [5.74, 6) is -1.33. The van der Waals surface area contributed by atoms with Crippen LogP contribution in [-0.2, 0) is 24.8 Å². The van der Waals surface area contributed by atoms with Crippen LogP contribution in [0.5, 0.6) is 17.2 Å². The third kappa shape index (κ3) is 9.78. The van der Waals surface area contributed by atoms with Crippen LogP contribution in [0.4, 0.5) is 0 Å². The second kappa shape index (κ2) is 16.2. The molecule has 2 aliphatic carbocycles. The van der Waals surface area contributed by atoms with Gasteiger partial charge in [-0.05, 0) is 71.6 Å². The fourth-order valence-corrected chi connectivity index (χ4v) is 7.06. The minimum absolute atomic E-state index is 0.00673. The van der Waals surface area contributed by atoms with E-state index in [2.05, 4.69) is 5.32 Å². The van der Waals surface area contributed by atoms with Crippen LogP contribution in [0.15, 0.2) is 12.1 Å². The first-order valence-corrected chi connectivity index (χ1v) is 15.3. The first kappa shape index (κ1) is 31.4. The molecule has 37 heavy (non-hydrogen) atoms. The SMILES string of the molecule is C1CCC([NH2+]C2CCCCC2)CC1.CCOP(=O)(OCC)C(Cc1c(O)cc(OC)cc1OC)C(=O)[O-].